The summed E-state index contributed by atoms with van der Waals surface area (Å²) in [6.07, 6.45) is 2.59. The Bertz CT molecular complexity index is 1400. The molecule has 0 atom stereocenters. The van der Waals surface area contributed by atoms with E-state index in [1.807, 2.05) is 31.2 Å². The Morgan fingerprint density at radius 2 is 1.62 bits per heavy atom. The van der Waals surface area contributed by atoms with E-state index in [1.54, 1.807) is 11.6 Å². The molecule has 0 saturated heterocycles. The van der Waals surface area contributed by atoms with Gasteiger partial charge in [0.2, 0.25) is 5.91 Å². The molecular formula is C33H37N3O2S. The number of carbonyl (C=O) groups is 1. The van der Waals surface area contributed by atoms with Crippen molar-refractivity contribution in [2.75, 3.05) is 12.3 Å². The number of aryl methyl sites for hydroxylation is 2. The lowest BCUT2D eigenvalue weighted by Gasteiger charge is -2.18. The van der Waals surface area contributed by atoms with Crippen molar-refractivity contribution in [1.82, 2.24) is 14.9 Å². The van der Waals surface area contributed by atoms with Gasteiger partial charge >= 0.3 is 0 Å². The highest BCUT2D eigenvalue weighted by Gasteiger charge is 2.15. The summed E-state index contributed by atoms with van der Waals surface area (Å²) in [6, 6.07) is 29.1. The molecular weight excluding hydrogens is 502 g/mol. The fourth-order valence-corrected chi connectivity index (χ4v) is 5.78. The van der Waals surface area contributed by atoms with Crippen LogP contribution in [0.5, 0.6) is 0 Å². The van der Waals surface area contributed by atoms with Gasteiger partial charge in [-0.25, -0.2) is 4.98 Å². The van der Waals surface area contributed by atoms with Gasteiger partial charge < -0.3 is 5.32 Å². The Kier molecular flexibility index (Phi) is 10.1. The predicted octanol–water partition coefficient (Wildman–Crippen LogP) is 6.20. The number of nitrogens with one attached hydrogen (secondary N) is 1. The number of aromatic nitrogens is 2. The Hall–Kier alpha value is -3.64. The van der Waals surface area contributed by atoms with Crippen molar-refractivity contribution in [2.24, 2.45) is 7.05 Å². The van der Waals surface area contributed by atoms with Crippen LogP contribution in [0.4, 0.5) is 0 Å². The van der Waals surface area contributed by atoms with Crippen molar-refractivity contribution in [1.29, 1.82) is 0 Å². The van der Waals surface area contributed by atoms with Gasteiger partial charge in [-0.2, -0.15) is 0 Å². The fraction of sp³-hybridized carbons (Fsp3) is 0.303. The van der Waals surface area contributed by atoms with E-state index in [4.69, 9.17) is 4.98 Å². The van der Waals surface area contributed by atoms with Gasteiger partial charge in [-0.15, -0.1) is 0 Å². The quantitative estimate of drug-likeness (QED) is 0.132. The summed E-state index contributed by atoms with van der Waals surface area (Å²) in [5, 5.41) is 3.79. The van der Waals surface area contributed by atoms with E-state index in [2.05, 4.69) is 72.9 Å². The molecule has 0 radical (unpaired) electrons. The molecule has 0 fully saturated rings. The van der Waals surface area contributed by atoms with Gasteiger partial charge in [-0.05, 0) is 43.4 Å². The Labute approximate surface area is 235 Å². The summed E-state index contributed by atoms with van der Waals surface area (Å²) in [6.45, 7) is 4.58. The SMILES string of the molecule is Cc1cccc(Cc2c(C)nc(SCCCC(=O)NCCC(c3ccccc3)c3ccccc3)n(C)c2=O)c1. The second kappa shape index (κ2) is 13.9. The third kappa shape index (κ3) is 7.93. The molecule has 0 aliphatic carbocycles. The van der Waals surface area contributed by atoms with Crippen LogP contribution in [-0.4, -0.2) is 27.8 Å². The monoisotopic (exact) mass is 539 g/mol. The molecule has 1 N–H and O–H groups in total. The fourth-order valence-electron chi connectivity index (χ4n) is 4.83. The molecule has 1 heterocycles. The van der Waals surface area contributed by atoms with Crippen molar-refractivity contribution in [3.8, 4) is 0 Å². The molecule has 0 aliphatic rings. The van der Waals surface area contributed by atoms with Gasteiger partial charge in [0.25, 0.3) is 5.56 Å². The average Bonchev–Trinajstić information content (AvgIpc) is 2.95. The number of amides is 1. The van der Waals surface area contributed by atoms with Gasteiger partial charge in [0.15, 0.2) is 5.16 Å². The van der Waals surface area contributed by atoms with E-state index in [9.17, 15) is 9.59 Å². The largest absolute Gasteiger partial charge is 0.356 e. The van der Waals surface area contributed by atoms with Crippen LogP contribution < -0.4 is 10.9 Å². The smallest absolute Gasteiger partial charge is 0.257 e. The van der Waals surface area contributed by atoms with E-state index in [-0.39, 0.29) is 17.4 Å². The van der Waals surface area contributed by atoms with Crippen molar-refractivity contribution in [2.45, 2.75) is 50.6 Å². The highest BCUT2D eigenvalue weighted by Crippen LogP contribution is 2.27. The number of nitrogens with zero attached hydrogens (tertiary/aromatic N) is 2. The van der Waals surface area contributed by atoms with Crippen molar-refractivity contribution < 1.29 is 4.79 Å². The van der Waals surface area contributed by atoms with E-state index >= 15 is 0 Å². The van der Waals surface area contributed by atoms with Crippen LogP contribution >= 0.6 is 11.8 Å². The van der Waals surface area contributed by atoms with Crippen LogP contribution in [0.2, 0.25) is 0 Å². The maximum Gasteiger partial charge on any atom is 0.257 e. The van der Waals surface area contributed by atoms with Crippen molar-refractivity contribution in [3.05, 3.63) is 129 Å². The normalized spacial score (nSPS) is 11.1. The minimum Gasteiger partial charge on any atom is -0.356 e. The van der Waals surface area contributed by atoms with Gasteiger partial charge in [-0.3, -0.25) is 14.2 Å². The minimum atomic E-state index is -0.00404. The second-order valence-electron chi connectivity index (χ2n) is 9.95. The minimum absolute atomic E-state index is 0.00404. The zero-order valence-electron chi connectivity index (χ0n) is 23.0. The first-order chi connectivity index (χ1) is 18.9. The van der Waals surface area contributed by atoms with Crippen LogP contribution in [0.25, 0.3) is 0 Å². The van der Waals surface area contributed by atoms with Gasteiger partial charge in [-0.1, -0.05) is 102 Å². The van der Waals surface area contributed by atoms with Gasteiger partial charge in [0, 0.05) is 49.4 Å². The zero-order chi connectivity index (χ0) is 27.6. The molecule has 4 aromatic rings. The molecule has 3 aromatic carbocycles. The first-order valence-corrected chi connectivity index (χ1v) is 14.5. The topological polar surface area (TPSA) is 64.0 Å². The highest BCUT2D eigenvalue weighted by atomic mass is 32.2. The van der Waals surface area contributed by atoms with Crippen molar-refractivity contribution >= 4 is 17.7 Å². The summed E-state index contributed by atoms with van der Waals surface area (Å²) in [7, 11) is 1.78. The second-order valence-corrected chi connectivity index (χ2v) is 11.0. The highest BCUT2D eigenvalue weighted by molar-refractivity contribution is 7.99. The zero-order valence-corrected chi connectivity index (χ0v) is 23.8. The first kappa shape index (κ1) is 28.4. The summed E-state index contributed by atoms with van der Waals surface area (Å²) in [4.78, 5) is 30.3. The van der Waals surface area contributed by atoms with E-state index in [0.29, 0.717) is 24.5 Å². The Morgan fingerprint density at radius 3 is 2.26 bits per heavy atom. The summed E-state index contributed by atoms with van der Waals surface area (Å²) in [5.41, 5.74) is 6.30. The number of carbonyl (C=O) groups excluding carboxylic acids is 1. The third-order valence-electron chi connectivity index (χ3n) is 6.95. The predicted molar refractivity (Wildman–Crippen MR) is 161 cm³/mol. The molecule has 0 saturated carbocycles. The lowest BCUT2D eigenvalue weighted by Crippen LogP contribution is -2.26. The molecule has 6 heteroatoms. The molecule has 39 heavy (non-hydrogen) atoms. The standard InChI is InChI=1S/C33H37N3O2S/c1-24-12-10-13-26(22-24)23-30-25(2)35-33(36(3)32(30)38)39-21-11-18-31(37)34-20-19-29(27-14-6-4-7-15-27)28-16-8-5-9-17-28/h4-10,12-17,22,29H,11,18-21,23H2,1-3H3,(H,34,37). The Morgan fingerprint density at radius 1 is 0.949 bits per heavy atom. The summed E-state index contributed by atoms with van der Waals surface area (Å²) >= 11 is 1.53. The van der Waals surface area contributed by atoms with Crippen LogP contribution in [0.3, 0.4) is 0 Å². The van der Waals surface area contributed by atoms with E-state index in [1.165, 1.54) is 28.5 Å². The first-order valence-electron chi connectivity index (χ1n) is 13.5. The van der Waals surface area contributed by atoms with E-state index in [0.717, 1.165) is 35.4 Å². The average molecular weight is 540 g/mol. The van der Waals surface area contributed by atoms with Crippen LogP contribution in [0.15, 0.2) is 94.9 Å². The molecule has 1 amide bonds. The van der Waals surface area contributed by atoms with E-state index < -0.39 is 0 Å². The number of rotatable bonds is 12. The molecule has 0 spiro atoms. The summed E-state index contributed by atoms with van der Waals surface area (Å²) < 4.78 is 1.64. The molecule has 0 unspecified atom stereocenters. The molecule has 5 nitrogen and oxygen atoms in total. The number of thioether (sulfide) groups is 1. The molecule has 4 rings (SSSR count). The number of hydrogen-bond donors (Lipinski definition) is 1. The summed E-state index contributed by atoms with van der Waals surface area (Å²) in [5.74, 6) is 1.02. The van der Waals surface area contributed by atoms with Crippen LogP contribution in [-0.2, 0) is 18.3 Å². The number of hydrogen-bond acceptors (Lipinski definition) is 4. The lowest BCUT2D eigenvalue weighted by atomic mass is 9.88. The van der Waals surface area contributed by atoms with Gasteiger partial charge in [0.05, 0.1) is 0 Å². The third-order valence-corrected chi connectivity index (χ3v) is 8.07. The van der Waals surface area contributed by atoms with Crippen molar-refractivity contribution in [3.63, 3.8) is 0 Å². The molecule has 0 bridgehead atoms. The molecule has 202 valence electrons. The maximum atomic E-state index is 13.1. The number of benzene rings is 3. The molecule has 0 aliphatic heterocycles. The van der Waals surface area contributed by atoms with Gasteiger partial charge in [0.1, 0.15) is 0 Å². The lowest BCUT2D eigenvalue weighted by molar-refractivity contribution is -0.121. The van der Waals surface area contributed by atoms with Crippen LogP contribution in [0.1, 0.15) is 58.7 Å². The van der Waals surface area contributed by atoms with Crippen LogP contribution in [0, 0.1) is 13.8 Å². The Balaban J connectivity index is 1.25. The molecule has 1 aromatic heterocycles. The maximum absolute atomic E-state index is 13.1.